The van der Waals surface area contributed by atoms with E-state index in [0.29, 0.717) is 36.6 Å². The molecule has 0 aliphatic carbocycles. The van der Waals surface area contributed by atoms with Gasteiger partial charge in [0.2, 0.25) is 5.91 Å². The summed E-state index contributed by atoms with van der Waals surface area (Å²) in [6.45, 7) is 0.279. The van der Waals surface area contributed by atoms with Crippen molar-refractivity contribution in [3.8, 4) is 5.75 Å². The number of carbonyl (C=O) groups is 3. The molecule has 3 aromatic carbocycles. The van der Waals surface area contributed by atoms with Gasteiger partial charge in [-0.05, 0) is 23.8 Å². The van der Waals surface area contributed by atoms with E-state index in [1.54, 1.807) is 23.1 Å². The van der Waals surface area contributed by atoms with Crippen molar-refractivity contribution in [2.75, 3.05) is 18.1 Å². The third-order valence-corrected chi connectivity index (χ3v) is 6.10. The van der Waals surface area contributed by atoms with Crippen LogP contribution in [0.25, 0.3) is 0 Å². The zero-order chi connectivity index (χ0) is 22.8. The van der Waals surface area contributed by atoms with E-state index in [4.69, 9.17) is 4.74 Å². The lowest BCUT2D eigenvalue weighted by Gasteiger charge is -2.33. The number of hydrogen-bond acceptors (Lipinski definition) is 4. The molecule has 4 amide bonds. The van der Waals surface area contributed by atoms with Crippen LogP contribution in [0.1, 0.15) is 17.5 Å². The predicted molar refractivity (Wildman–Crippen MR) is 123 cm³/mol. The Kier molecular flexibility index (Phi) is 5.30. The van der Waals surface area contributed by atoms with E-state index in [0.717, 1.165) is 10.5 Å². The fraction of sp³-hybridized carbons (Fsp3) is 0.192. The number of ether oxygens (including phenoxy) is 1. The van der Waals surface area contributed by atoms with Gasteiger partial charge in [-0.3, -0.25) is 14.5 Å². The molecule has 0 bridgehead atoms. The average molecular weight is 441 g/mol. The van der Waals surface area contributed by atoms with Crippen LogP contribution in [-0.2, 0) is 21.7 Å². The second-order valence-electron chi connectivity index (χ2n) is 8.12. The Morgan fingerprint density at radius 2 is 1.61 bits per heavy atom. The summed E-state index contributed by atoms with van der Waals surface area (Å²) in [5.74, 6) is -0.198. The summed E-state index contributed by atoms with van der Waals surface area (Å²) in [5.41, 5.74) is 1.06. The van der Waals surface area contributed by atoms with Crippen LogP contribution in [-0.4, -0.2) is 35.9 Å². The topological polar surface area (TPSA) is 79.0 Å². The molecule has 2 aliphatic heterocycles. The maximum atomic E-state index is 13.5. The van der Waals surface area contributed by atoms with Crippen molar-refractivity contribution in [2.24, 2.45) is 0 Å². The number of carbonyl (C=O) groups excluding carboxylic acids is 3. The van der Waals surface area contributed by atoms with Gasteiger partial charge in [-0.1, -0.05) is 66.7 Å². The largest absolute Gasteiger partial charge is 0.493 e. The van der Waals surface area contributed by atoms with Crippen LogP contribution in [0.15, 0.2) is 84.9 Å². The second-order valence-corrected chi connectivity index (χ2v) is 8.12. The molecule has 33 heavy (non-hydrogen) atoms. The highest BCUT2D eigenvalue weighted by atomic mass is 16.5. The van der Waals surface area contributed by atoms with Gasteiger partial charge in [-0.2, -0.15) is 0 Å². The van der Waals surface area contributed by atoms with Crippen molar-refractivity contribution in [3.63, 3.8) is 0 Å². The van der Waals surface area contributed by atoms with Gasteiger partial charge in [-0.25, -0.2) is 4.79 Å². The Hall–Kier alpha value is -4.13. The number of anilines is 1. The summed E-state index contributed by atoms with van der Waals surface area (Å²) < 4.78 is 5.68. The number of hydrogen-bond donors (Lipinski definition) is 1. The molecule has 1 unspecified atom stereocenters. The molecule has 1 spiro atoms. The molecule has 1 fully saturated rings. The van der Waals surface area contributed by atoms with Crippen LogP contribution in [0.5, 0.6) is 5.75 Å². The first-order valence-electron chi connectivity index (χ1n) is 10.8. The number of rotatable bonds is 5. The summed E-state index contributed by atoms with van der Waals surface area (Å²) in [6.07, 6.45) is 0.311. The molecule has 1 N–H and O–H groups in total. The van der Waals surface area contributed by atoms with Gasteiger partial charge in [0, 0.05) is 17.7 Å². The number of amides is 4. The van der Waals surface area contributed by atoms with Crippen LogP contribution in [0.2, 0.25) is 0 Å². The Morgan fingerprint density at radius 3 is 2.36 bits per heavy atom. The lowest BCUT2D eigenvalue weighted by molar-refractivity contribution is -0.135. The number of nitrogens with zero attached hydrogens (tertiary/aromatic N) is 2. The highest BCUT2D eigenvalue weighted by molar-refractivity contribution is 6.11. The lowest BCUT2D eigenvalue weighted by Crippen LogP contribution is -2.48. The van der Waals surface area contributed by atoms with E-state index < -0.39 is 17.5 Å². The summed E-state index contributed by atoms with van der Waals surface area (Å²) >= 11 is 0. The molecular weight excluding hydrogens is 418 g/mol. The van der Waals surface area contributed by atoms with E-state index in [1.807, 2.05) is 66.7 Å². The fourth-order valence-corrected chi connectivity index (χ4v) is 4.43. The Bertz CT molecular complexity index is 1200. The molecular formula is C26H23N3O4. The molecule has 3 aromatic rings. The maximum absolute atomic E-state index is 13.5. The minimum absolute atomic E-state index is 0.301. The number of imide groups is 1. The molecule has 2 heterocycles. The molecule has 0 saturated carbocycles. The van der Waals surface area contributed by atoms with Crippen LogP contribution >= 0.6 is 0 Å². The van der Waals surface area contributed by atoms with Crippen molar-refractivity contribution in [3.05, 3.63) is 96.1 Å². The minimum Gasteiger partial charge on any atom is -0.493 e. The van der Waals surface area contributed by atoms with E-state index >= 15 is 0 Å². The monoisotopic (exact) mass is 441 g/mol. The van der Waals surface area contributed by atoms with Crippen molar-refractivity contribution in [2.45, 2.75) is 18.5 Å². The maximum Gasteiger partial charge on any atom is 0.325 e. The quantitative estimate of drug-likeness (QED) is 0.615. The molecule has 7 heteroatoms. The van der Waals surface area contributed by atoms with E-state index in [-0.39, 0.29) is 12.5 Å². The molecule has 1 saturated heterocycles. The number of urea groups is 1. The van der Waals surface area contributed by atoms with Gasteiger partial charge in [0.1, 0.15) is 12.3 Å². The zero-order valence-electron chi connectivity index (χ0n) is 17.9. The SMILES string of the molecule is O=C1NC2(CCOc3ccccc32)C(=O)N1CC(=O)N(Cc1ccccc1)c1ccccc1. The Labute approximate surface area is 191 Å². The normalized spacial score (nSPS) is 19.1. The van der Waals surface area contributed by atoms with E-state index in [1.165, 1.54) is 0 Å². The number of nitrogens with one attached hydrogen (secondary N) is 1. The molecule has 2 aliphatic rings. The Balaban J connectivity index is 1.42. The smallest absolute Gasteiger partial charge is 0.325 e. The van der Waals surface area contributed by atoms with Gasteiger partial charge in [0.15, 0.2) is 5.54 Å². The first kappa shape index (κ1) is 20.8. The van der Waals surface area contributed by atoms with Gasteiger partial charge in [0.25, 0.3) is 5.91 Å². The van der Waals surface area contributed by atoms with Gasteiger partial charge in [-0.15, -0.1) is 0 Å². The second kappa shape index (κ2) is 8.43. The lowest BCUT2D eigenvalue weighted by atomic mass is 9.84. The third kappa shape index (κ3) is 3.71. The molecule has 7 nitrogen and oxygen atoms in total. The van der Waals surface area contributed by atoms with E-state index in [2.05, 4.69) is 5.32 Å². The van der Waals surface area contributed by atoms with Crippen LogP contribution < -0.4 is 15.0 Å². The molecule has 166 valence electrons. The molecule has 5 rings (SSSR count). The minimum atomic E-state index is -1.21. The molecule has 0 aromatic heterocycles. The number of para-hydroxylation sites is 2. The van der Waals surface area contributed by atoms with Crippen LogP contribution in [0.3, 0.4) is 0 Å². The first-order chi connectivity index (χ1) is 16.1. The van der Waals surface area contributed by atoms with E-state index in [9.17, 15) is 14.4 Å². The summed E-state index contributed by atoms with van der Waals surface area (Å²) in [7, 11) is 0. The average Bonchev–Trinajstić information content (AvgIpc) is 3.08. The van der Waals surface area contributed by atoms with Crippen molar-refractivity contribution < 1.29 is 19.1 Å². The first-order valence-corrected chi connectivity index (χ1v) is 10.8. The summed E-state index contributed by atoms with van der Waals surface area (Å²) in [4.78, 5) is 42.5. The third-order valence-electron chi connectivity index (χ3n) is 6.10. The Morgan fingerprint density at radius 1 is 0.939 bits per heavy atom. The van der Waals surface area contributed by atoms with Crippen LogP contribution in [0, 0.1) is 0 Å². The summed E-state index contributed by atoms with van der Waals surface area (Å²) in [5, 5.41) is 2.85. The molecule has 0 radical (unpaired) electrons. The highest BCUT2D eigenvalue weighted by Gasteiger charge is 2.55. The van der Waals surface area contributed by atoms with Gasteiger partial charge in [0.05, 0.1) is 13.2 Å². The van der Waals surface area contributed by atoms with Gasteiger partial charge >= 0.3 is 6.03 Å². The van der Waals surface area contributed by atoms with Gasteiger partial charge < -0.3 is 15.0 Å². The number of benzene rings is 3. The summed E-state index contributed by atoms with van der Waals surface area (Å²) in [6, 6.07) is 25.5. The number of fused-ring (bicyclic) bond motifs is 2. The van der Waals surface area contributed by atoms with Crippen LogP contribution in [0.4, 0.5) is 10.5 Å². The standard InChI is InChI=1S/C26H23N3O4/c30-23(28(20-11-5-2-6-12-20)17-19-9-3-1-4-10-19)18-29-24(31)26(27-25(29)32)15-16-33-22-14-8-7-13-21(22)26/h1-14H,15-18H2,(H,27,32). The van der Waals surface area contributed by atoms with Crippen molar-refractivity contribution in [1.29, 1.82) is 0 Å². The molecule has 1 atom stereocenters. The van der Waals surface area contributed by atoms with Crippen molar-refractivity contribution >= 4 is 23.5 Å². The fourth-order valence-electron chi connectivity index (χ4n) is 4.43. The van der Waals surface area contributed by atoms with Crippen molar-refractivity contribution in [1.82, 2.24) is 10.2 Å². The zero-order valence-corrected chi connectivity index (χ0v) is 17.9. The predicted octanol–water partition coefficient (Wildman–Crippen LogP) is 3.45. The highest BCUT2D eigenvalue weighted by Crippen LogP contribution is 2.41.